The molecule has 1 aliphatic rings. The van der Waals surface area contributed by atoms with Crippen molar-refractivity contribution >= 4 is 10.0 Å². The Bertz CT molecular complexity index is 686. The third-order valence-corrected chi connectivity index (χ3v) is 5.70. The predicted molar refractivity (Wildman–Crippen MR) is 70.6 cm³/mol. The molecule has 0 aliphatic carbocycles. The monoisotopic (exact) mass is 296 g/mol. The second-order valence-electron chi connectivity index (χ2n) is 4.94. The maximum Gasteiger partial charge on any atom is 0.248 e. The first-order chi connectivity index (χ1) is 9.50. The van der Waals surface area contributed by atoms with E-state index in [1.807, 2.05) is 16.9 Å². The van der Waals surface area contributed by atoms with E-state index < -0.39 is 10.0 Å². The minimum atomic E-state index is -3.54. The van der Waals surface area contributed by atoms with Crippen LogP contribution in [0.1, 0.15) is 23.9 Å². The quantitative estimate of drug-likeness (QED) is 0.848. The highest BCUT2D eigenvalue weighted by atomic mass is 32.2. The van der Waals surface area contributed by atoms with Crippen LogP contribution in [0, 0.1) is 13.8 Å². The Balaban J connectivity index is 1.87. The van der Waals surface area contributed by atoms with Crippen LogP contribution >= 0.6 is 0 Å². The highest BCUT2D eigenvalue weighted by Gasteiger charge is 2.36. The second-order valence-corrected chi connectivity index (χ2v) is 6.82. The largest absolute Gasteiger partial charge is 0.360 e. The van der Waals surface area contributed by atoms with E-state index in [-0.39, 0.29) is 10.9 Å². The van der Waals surface area contributed by atoms with Gasteiger partial charge < -0.3 is 4.52 Å². The first kappa shape index (κ1) is 13.3. The zero-order valence-corrected chi connectivity index (χ0v) is 12.2. The molecular weight excluding hydrogens is 280 g/mol. The molecule has 7 nitrogen and oxygen atoms in total. The van der Waals surface area contributed by atoms with E-state index in [0.29, 0.717) is 24.5 Å². The van der Waals surface area contributed by atoms with Gasteiger partial charge >= 0.3 is 0 Å². The average molecular weight is 296 g/mol. The first-order valence-electron chi connectivity index (χ1n) is 6.42. The zero-order chi connectivity index (χ0) is 14.3. The Morgan fingerprint density at radius 1 is 1.40 bits per heavy atom. The van der Waals surface area contributed by atoms with Gasteiger partial charge in [-0.2, -0.15) is 9.40 Å². The van der Waals surface area contributed by atoms with Crippen molar-refractivity contribution in [3.05, 3.63) is 29.9 Å². The Labute approximate surface area is 117 Å². The van der Waals surface area contributed by atoms with E-state index in [2.05, 4.69) is 10.3 Å². The van der Waals surface area contributed by atoms with E-state index in [0.717, 1.165) is 6.42 Å². The molecule has 1 saturated heterocycles. The summed E-state index contributed by atoms with van der Waals surface area (Å²) in [5, 5.41) is 7.90. The molecule has 0 N–H and O–H groups in total. The fourth-order valence-corrected chi connectivity index (χ4v) is 4.40. The van der Waals surface area contributed by atoms with Crippen molar-refractivity contribution in [2.75, 3.05) is 13.1 Å². The summed E-state index contributed by atoms with van der Waals surface area (Å²) < 4.78 is 33.6. The van der Waals surface area contributed by atoms with Crippen molar-refractivity contribution in [3.63, 3.8) is 0 Å². The van der Waals surface area contributed by atoms with Gasteiger partial charge in [0.2, 0.25) is 10.0 Å². The molecular formula is C12H16N4O3S. The van der Waals surface area contributed by atoms with E-state index in [4.69, 9.17) is 4.52 Å². The summed E-state index contributed by atoms with van der Waals surface area (Å²) >= 11 is 0. The topological polar surface area (TPSA) is 81.2 Å². The zero-order valence-electron chi connectivity index (χ0n) is 11.4. The van der Waals surface area contributed by atoms with Crippen molar-refractivity contribution in [2.45, 2.75) is 31.2 Å². The molecule has 0 spiro atoms. The fraction of sp³-hybridized carbons (Fsp3) is 0.500. The first-order valence-corrected chi connectivity index (χ1v) is 7.86. The van der Waals surface area contributed by atoms with Crippen LogP contribution in [0.25, 0.3) is 0 Å². The van der Waals surface area contributed by atoms with E-state index in [9.17, 15) is 8.42 Å². The van der Waals surface area contributed by atoms with Crippen LogP contribution in [0.3, 0.4) is 0 Å². The lowest BCUT2D eigenvalue weighted by Gasteiger charge is -2.16. The molecule has 1 aliphatic heterocycles. The third kappa shape index (κ3) is 2.04. The number of aromatic nitrogens is 3. The number of rotatable bonds is 3. The lowest BCUT2D eigenvalue weighted by molar-refractivity contribution is 0.389. The van der Waals surface area contributed by atoms with Crippen LogP contribution in [-0.4, -0.2) is 40.7 Å². The van der Waals surface area contributed by atoms with Gasteiger partial charge in [0, 0.05) is 25.5 Å². The van der Waals surface area contributed by atoms with Crippen molar-refractivity contribution < 1.29 is 12.9 Å². The molecule has 3 heterocycles. The molecule has 1 atom stereocenters. The Morgan fingerprint density at radius 3 is 2.80 bits per heavy atom. The number of aryl methyl sites for hydroxylation is 2. The number of sulfonamides is 1. The van der Waals surface area contributed by atoms with Gasteiger partial charge in [0.25, 0.3) is 0 Å². The molecule has 0 amide bonds. The lowest BCUT2D eigenvalue weighted by Crippen LogP contribution is -2.30. The van der Waals surface area contributed by atoms with Gasteiger partial charge in [-0.15, -0.1) is 0 Å². The fourth-order valence-electron chi connectivity index (χ4n) is 2.61. The van der Waals surface area contributed by atoms with Crippen LogP contribution in [0.4, 0.5) is 0 Å². The maximum absolute atomic E-state index is 12.6. The van der Waals surface area contributed by atoms with Gasteiger partial charge in [0.15, 0.2) is 5.76 Å². The summed E-state index contributed by atoms with van der Waals surface area (Å²) in [5.74, 6) is 0.338. The SMILES string of the molecule is Cc1noc(C)c1S(=O)(=O)N1CCC(n2cccn2)C1. The molecule has 8 heteroatoms. The highest BCUT2D eigenvalue weighted by molar-refractivity contribution is 7.89. The lowest BCUT2D eigenvalue weighted by atomic mass is 10.3. The van der Waals surface area contributed by atoms with Crippen LogP contribution in [0.5, 0.6) is 0 Å². The Hall–Kier alpha value is -1.67. The minimum absolute atomic E-state index is 0.0836. The van der Waals surface area contributed by atoms with Crippen molar-refractivity contribution in [1.82, 2.24) is 19.2 Å². The summed E-state index contributed by atoms with van der Waals surface area (Å²) in [6.45, 7) is 4.17. The summed E-state index contributed by atoms with van der Waals surface area (Å²) in [6.07, 6.45) is 4.31. The van der Waals surface area contributed by atoms with E-state index in [1.54, 1.807) is 20.0 Å². The highest BCUT2D eigenvalue weighted by Crippen LogP contribution is 2.29. The van der Waals surface area contributed by atoms with Gasteiger partial charge in [-0.05, 0) is 26.3 Å². The minimum Gasteiger partial charge on any atom is -0.360 e. The van der Waals surface area contributed by atoms with Gasteiger partial charge in [0.05, 0.1) is 6.04 Å². The van der Waals surface area contributed by atoms with Gasteiger partial charge in [-0.3, -0.25) is 4.68 Å². The molecule has 0 radical (unpaired) electrons. The summed E-state index contributed by atoms with van der Waals surface area (Å²) in [7, 11) is -3.54. The molecule has 1 fully saturated rings. The molecule has 3 rings (SSSR count). The summed E-state index contributed by atoms with van der Waals surface area (Å²) in [4.78, 5) is 0.193. The summed E-state index contributed by atoms with van der Waals surface area (Å²) in [6, 6.07) is 1.92. The molecule has 20 heavy (non-hydrogen) atoms. The normalized spacial score (nSPS) is 20.6. The predicted octanol–water partition coefficient (Wildman–Crippen LogP) is 1.12. The molecule has 0 aromatic carbocycles. The Morgan fingerprint density at radius 2 is 2.20 bits per heavy atom. The van der Waals surface area contributed by atoms with Crippen molar-refractivity contribution in [2.24, 2.45) is 0 Å². The van der Waals surface area contributed by atoms with Crippen molar-refractivity contribution in [3.8, 4) is 0 Å². The number of hydrogen-bond donors (Lipinski definition) is 0. The van der Waals surface area contributed by atoms with Crippen LogP contribution in [0.15, 0.2) is 27.9 Å². The van der Waals surface area contributed by atoms with Gasteiger partial charge in [-0.1, -0.05) is 5.16 Å². The molecule has 2 aromatic heterocycles. The number of nitrogens with zero attached hydrogens (tertiary/aromatic N) is 4. The third-order valence-electron chi connectivity index (χ3n) is 3.59. The van der Waals surface area contributed by atoms with Crippen LogP contribution in [0.2, 0.25) is 0 Å². The second kappa shape index (κ2) is 4.71. The van der Waals surface area contributed by atoms with Crippen LogP contribution in [-0.2, 0) is 10.0 Å². The summed E-state index contributed by atoms with van der Waals surface area (Å²) in [5.41, 5.74) is 0.407. The number of hydrogen-bond acceptors (Lipinski definition) is 5. The molecule has 2 aromatic rings. The van der Waals surface area contributed by atoms with Crippen molar-refractivity contribution in [1.29, 1.82) is 0 Å². The molecule has 1 unspecified atom stereocenters. The standard InChI is InChI=1S/C12H16N4O3S/c1-9-12(10(2)19-14-9)20(17,18)15-7-4-11(8-15)16-6-3-5-13-16/h3,5-6,11H,4,7-8H2,1-2H3. The van der Waals surface area contributed by atoms with Gasteiger partial charge in [-0.25, -0.2) is 8.42 Å². The maximum atomic E-state index is 12.6. The Kier molecular flexibility index (Phi) is 3.14. The average Bonchev–Trinajstić information content (AvgIpc) is 3.08. The smallest absolute Gasteiger partial charge is 0.248 e. The van der Waals surface area contributed by atoms with E-state index >= 15 is 0 Å². The molecule has 0 saturated carbocycles. The van der Waals surface area contributed by atoms with Gasteiger partial charge in [0.1, 0.15) is 10.6 Å². The molecule has 108 valence electrons. The van der Waals surface area contributed by atoms with E-state index in [1.165, 1.54) is 4.31 Å². The molecule has 0 bridgehead atoms. The van der Waals surface area contributed by atoms with Crippen LogP contribution < -0.4 is 0 Å².